The Morgan fingerprint density at radius 1 is 1.16 bits per heavy atom. The van der Waals surface area contributed by atoms with Crippen molar-refractivity contribution < 1.29 is 27.4 Å². The predicted molar refractivity (Wildman–Crippen MR) is 60.9 cm³/mol. The van der Waals surface area contributed by atoms with E-state index in [1.54, 1.807) is 0 Å². The molecule has 0 aliphatic rings. The van der Waals surface area contributed by atoms with Crippen LogP contribution in [0.4, 0.5) is 17.6 Å². The topological polar surface area (TPSA) is 41.5 Å². The predicted octanol–water partition coefficient (Wildman–Crippen LogP) is 1.98. The van der Waals surface area contributed by atoms with E-state index in [4.69, 9.17) is 0 Å². The lowest BCUT2D eigenvalue weighted by atomic mass is 10.3. The van der Waals surface area contributed by atoms with Gasteiger partial charge < -0.3 is 15.2 Å². The van der Waals surface area contributed by atoms with Gasteiger partial charge in [-0.1, -0.05) is 13.8 Å². The third-order valence-electron chi connectivity index (χ3n) is 2.25. The van der Waals surface area contributed by atoms with E-state index in [0.717, 1.165) is 0 Å². The van der Waals surface area contributed by atoms with Crippen LogP contribution in [0.3, 0.4) is 0 Å². The van der Waals surface area contributed by atoms with Gasteiger partial charge in [0, 0.05) is 18.7 Å². The molecule has 0 bridgehead atoms. The number of halogens is 4. The SMILES string of the molecule is CC(C)NCC(O)COc1c(F)c(F)cc(F)c1F. The molecule has 0 aliphatic carbocycles. The van der Waals surface area contributed by atoms with Gasteiger partial charge in [0.05, 0.1) is 0 Å². The van der Waals surface area contributed by atoms with Gasteiger partial charge in [-0.15, -0.1) is 0 Å². The molecule has 0 heterocycles. The standard InChI is InChI=1S/C12H15F4NO2/c1-6(2)17-4-7(18)5-19-12-10(15)8(13)3-9(14)11(12)16/h3,6-7,17-18H,4-5H2,1-2H3. The molecule has 0 saturated carbocycles. The zero-order valence-electron chi connectivity index (χ0n) is 10.5. The summed E-state index contributed by atoms with van der Waals surface area (Å²) in [6, 6.07) is 0.198. The second-order valence-corrected chi connectivity index (χ2v) is 4.33. The molecule has 0 amide bonds. The van der Waals surface area contributed by atoms with Crippen molar-refractivity contribution in [3.8, 4) is 5.75 Å². The Balaban J connectivity index is 2.67. The van der Waals surface area contributed by atoms with Crippen LogP contribution in [-0.2, 0) is 0 Å². The van der Waals surface area contributed by atoms with E-state index in [2.05, 4.69) is 10.1 Å². The van der Waals surface area contributed by atoms with Gasteiger partial charge in [0.15, 0.2) is 17.4 Å². The lowest BCUT2D eigenvalue weighted by Gasteiger charge is -2.15. The fraction of sp³-hybridized carbons (Fsp3) is 0.500. The zero-order chi connectivity index (χ0) is 14.6. The fourth-order valence-corrected chi connectivity index (χ4v) is 1.29. The Morgan fingerprint density at radius 3 is 2.16 bits per heavy atom. The van der Waals surface area contributed by atoms with Crippen LogP contribution < -0.4 is 10.1 Å². The van der Waals surface area contributed by atoms with E-state index in [-0.39, 0.29) is 18.7 Å². The minimum absolute atomic E-state index is 0.0915. The van der Waals surface area contributed by atoms with Gasteiger partial charge in [0.1, 0.15) is 12.7 Å². The van der Waals surface area contributed by atoms with Gasteiger partial charge in [-0.05, 0) is 0 Å². The molecular weight excluding hydrogens is 266 g/mol. The first-order chi connectivity index (χ1) is 8.82. The lowest BCUT2D eigenvalue weighted by molar-refractivity contribution is 0.0986. The quantitative estimate of drug-likeness (QED) is 0.619. The summed E-state index contributed by atoms with van der Waals surface area (Å²) in [5, 5.41) is 12.3. The smallest absolute Gasteiger partial charge is 0.203 e. The molecule has 7 heteroatoms. The molecule has 1 rings (SSSR count). The van der Waals surface area contributed by atoms with Crippen molar-refractivity contribution in [1.29, 1.82) is 0 Å². The highest BCUT2D eigenvalue weighted by atomic mass is 19.2. The number of aliphatic hydroxyl groups excluding tert-OH is 1. The van der Waals surface area contributed by atoms with Gasteiger partial charge in [0.25, 0.3) is 0 Å². The molecule has 1 aromatic carbocycles. The van der Waals surface area contributed by atoms with Crippen LogP contribution in [0.5, 0.6) is 5.75 Å². The molecule has 19 heavy (non-hydrogen) atoms. The van der Waals surface area contributed by atoms with Crippen molar-refractivity contribution in [3.05, 3.63) is 29.3 Å². The molecule has 1 atom stereocenters. The molecule has 1 unspecified atom stereocenters. The normalized spacial score (nSPS) is 12.8. The van der Waals surface area contributed by atoms with Crippen LogP contribution in [0, 0.1) is 23.3 Å². The van der Waals surface area contributed by atoms with Crippen LogP contribution in [0.2, 0.25) is 0 Å². The highest BCUT2D eigenvalue weighted by Crippen LogP contribution is 2.26. The van der Waals surface area contributed by atoms with Crippen LogP contribution in [0.25, 0.3) is 0 Å². The molecule has 0 fully saturated rings. The van der Waals surface area contributed by atoms with Crippen molar-refractivity contribution in [2.75, 3.05) is 13.2 Å². The summed E-state index contributed by atoms with van der Waals surface area (Å²) < 4.78 is 56.7. The number of hydrogen-bond acceptors (Lipinski definition) is 3. The molecule has 0 spiro atoms. The summed E-state index contributed by atoms with van der Waals surface area (Å²) in [6.07, 6.45) is -1.06. The average Bonchev–Trinajstić information content (AvgIpc) is 2.34. The van der Waals surface area contributed by atoms with Crippen molar-refractivity contribution in [3.63, 3.8) is 0 Å². The Morgan fingerprint density at radius 2 is 1.68 bits per heavy atom. The van der Waals surface area contributed by atoms with Crippen LogP contribution >= 0.6 is 0 Å². The third-order valence-corrected chi connectivity index (χ3v) is 2.25. The van der Waals surface area contributed by atoms with Crippen molar-refractivity contribution >= 4 is 0 Å². The van der Waals surface area contributed by atoms with Gasteiger partial charge in [-0.2, -0.15) is 8.78 Å². The Bertz CT molecular complexity index is 414. The number of benzene rings is 1. The molecule has 108 valence electrons. The largest absolute Gasteiger partial charge is 0.485 e. The Labute approximate surface area is 108 Å². The Kier molecular flexibility index (Phi) is 5.56. The van der Waals surface area contributed by atoms with E-state index < -0.39 is 41.7 Å². The summed E-state index contributed by atoms with van der Waals surface area (Å²) >= 11 is 0. The molecule has 0 aromatic heterocycles. The van der Waals surface area contributed by atoms with Gasteiger partial charge >= 0.3 is 0 Å². The summed E-state index contributed by atoms with van der Waals surface area (Å²) in [5.74, 6) is -7.51. The molecule has 0 radical (unpaired) electrons. The highest BCUT2D eigenvalue weighted by molar-refractivity contribution is 5.28. The summed E-state index contributed by atoms with van der Waals surface area (Å²) in [5.41, 5.74) is 0. The molecule has 0 aliphatic heterocycles. The van der Waals surface area contributed by atoms with E-state index in [1.807, 2.05) is 13.8 Å². The lowest BCUT2D eigenvalue weighted by Crippen LogP contribution is -2.35. The molecular formula is C12H15F4NO2. The number of rotatable bonds is 6. The second kappa shape index (κ2) is 6.72. The van der Waals surface area contributed by atoms with Crippen LogP contribution in [0.15, 0.2) is 6.07 Å². The highest BCUT2D eigenvalue weighted by Gasteiger charge is 2.21. The monoisotopic (exact) mass is 281 g/mol. The number of nitrogens with one attached hydrogen (secondary N) is 1. The van der Waals surface area contributed by atoms with Gasteiger partial charge in [0.2, 0.25) is 11.6 Å². The van der Waals surface area contributed by atoms with Crippen molar-refractivity contribution in [2.24, 2.45) is 0 Å². The second-order valence-electron chi connectivity index (χ2n) is 4.33. The van der Waals surface area contributed by atoms with Crippen molar-refractivity contribution in [2.45, 2.75) is 26.0 Å². The minimum Gasteiger partial charge on any atom is -0.485 e. The molecule has 1 aromatic rings. The number of hydrogen-bond donors (Lipinski definition) is 2. The van der Waals surface area contributed by atoms with E-state index >= 15 is 0 Å². The van der Waals surface area contributed by atoms with Gasteiger partial charge in [-0.3, -0.25) is 0 Å². The number of aliphatic hydroxyl groups is 1. The minimum atomic E-state index is -1.62. The molecule has 2 N–H and O–H groups in total. The van der Waals surface area contributed by atoms with E-state index in [1.165, 1.54) is 0 Å². The molecule has 0 saturated heterocycles. The first kappa shape index (κ1) is 15.7. The van der Waals surface area contributed by atoms with Crippen molar-refractivity contribution in [1.82, 2.24) is 5.32 Å². The van der Waals surface area contributed by atoms with Gasteiger partial charge in [-0.25, -0.2) is 8.78 Å². The third kappa shape index (κ3) is 4.36. The maximum absolute atomic E-state index is 13.2. The number of ether oxygens (including phenoxy) is 1. The van der Waals surface area contributed by atoms with Crippen LogP contribution in [-0.4, -0.2) is 30.4 Å². The van der Waals surface area contributed by atoms with Crippen LogP contribution in [0.1, 0.15) is 13.8 Å². The summed E-state index contributed by atoms with van der Waals surface area (Å²) in [7, 11) is 0. The summed E-state index contributed by atoms with van der Waals surface area (Å²) in [6.45, 7) is 3.32. The first-order valence-corrected chi connectivity index (χ1v) is 5.70. The zero-order valence-corrected chi connectivity index (χ0v) is 10.5. The first-order valence-electron chi connectivity index (χ1n) is 5.70. The maximum Gasteiger partial charge on any atom is 0.203 e. The maximum atomic E-state index is 13.2. The average molecular weight is 281 g/mol. The fourth-order valence-electron chi connectivity index (χ4n) is 1.29. The molecule has 3 nitrogen and oxygen atoms in total. The summed E-state index contributed by atoms with van der Waals surface area (Å²) in [4.78, 5) is 0. The van der Waals surface area contributed by atoms with E-state index in [0.29, 0.717) is 0 Å². The Hall–Kier alpha value is -1.34. The van der Waals surface area contributed by atoms with E-state index in [9.17, 15) is 22.7 Å².